The first-order chi connectivity index (χ1) is 13.9. The summed E-state index contributed by atoms with van der Waals surface area (Å²) in [7, 11) is 3.14. The highest BCUT2D eigenvalue weighted by Crippen LogP contribution is 2.49. The molecule has 2 heterocycles. The molecule has 4 rings (SSSR count). The van der Waals surface area contributed by atoms with Crippen molar-refractivity contribution in [2.24, 2.45) is 17.5 Å². The zero-order valence-corrected chi connectivity index (χ0v) is 17.1. The lowest BCUT2D eigenvalue weighted by Gasteiger charge is -2.38. The second-order valence-electron chi connectivity index (χ2n) is 8.37. The van der Waals surface area contributed by atoms with Crippen LogP contribution in [0.3, 0.4) is 0 Å². The van der Waals surface area contributed by atoms with Crippen molar-refractivity contribution in [2.75, 3.05) is 50.4 Å². The number of alkyl halides is 1. The summed E-state index contributed by atoms with van der Waals surface area (Å²) >= 11 is 0. The molecule has 1 aromatic rings. The monoisotopic (exact) mass is 411 g/mol. The Hall–Kier alpha value is -1.68. The normalized spacial score (nSPS) is 26.0. The molecule has 162 valence electrons. The van der Waals surface area contributed by atoms with Gasteiger partial charge in [0.1, 0.15) is 11.9 Å². The predicted octanol–water partition coefficient (Wildman–Crippen LogP) is 1.59. The summed E-state index contributed by atoms with van der Waals surface area (Å²) in [6, 6.07) is 1.57. The Morgan fingerprint density at radius 3 is 2.66 bits per heavy atom. The van der Waals surface area contributed by atoms with E-state index >= 15 is 4.39 Å². The molecule has 9 heteroatoms. The fourth-order valence-electron chi connectivity index (χ4n) is 4.64. The number of benzene rings is 1. The Morgan fingerprint density at radius 1 is 1.24 bits per heavy atom. The van der Waals surface area contributed by atoms with Gasteiger partial charge in [-0.1, -0.05) is 0 Å². The highest BCUT2D eigenvalue weighted by molar-refractivity contribution is 5.78. The molecule has 0 radical (unpaired) electrons. The smallest absolute Gasteiger partial charge is 0.168 e. The summed E-state index contributed by atoms with van der Waals surface area (Å²) < 4.78 is 40.8. The zero-order chi connectivity index (χ0) is 20.7. The van der Waals surface area contributed by atoms with Crippen molar-refractivity contribution >= 4 is 11.4 Å². The maximum atomic E-state index is 15.2. The van der Waals surface area contributed by atoms with Crippen LogP contribution in [0.15, 0.2) is 6.07 Å². The lowest BCUT2D eigenvalue weighted by atomic mass is 9.96. The number of halogens is 2. The molecule has 29 heavy (non-hydrogen) atoms. The van der Waals surface area contributed by atoms with Crippen LogP contribution in [0.5, 0.6) is 5.75 Å². The second kappa shape index (κ2) is 8.22. The zero-order valence-electron chi connectivity index (χ0n) is 17.1. The van der Waals surface area contributed by atoms with Crippen LogP contribution in [0.1, 0.15) is 24.8 Å². The van der Waals surface area contributed by atoms with Crippen LogP contribution in [-0.4, -0.2) is 63.8 Å². The molecule has 3 aliphatic rings. The van der Waals surface area contributed by atoms with Gasteiger partial charge in [-0.3, -0.25) is 5.84 Å². The van der Waals surface area contributed by atoms with Crippen molar-refractivity contribution in [3.05, 3.63) is 17.4 Å². The van der Waals surface area contributed by atoms with E-state index < -0.39 is 12.0 Å². The van der Waals surface area contributed by atoms with Gasteiger partial charge in [-0.15, -0.1) is 0 Å². The van der Waals surface area contributed by atoms with Gasteiger partial charge in [0.15, 0.2) is 11.6 Å². The molecule has 7 nitrogen and oxygen atoms in total. The number of fused-ring (bicyclic) bond motifs is 1. The fourth-order valence-corrected chi connectivity index (χ4v) is 4.64. The predicted molar refractivity (Wildman–Crippen MR) is 108 cm³/mol. The molecule has 1 aromatic carbocycles. The minimum Gasteiger partial charge on any atom is -0.492 e. The van der Waals surface area contributed by atoms with Gasteiger partial charge >= 0.3 is 0 Å². The van der Waals surface area contributed by atoms with Crippen LogP contribution in [0.2, 0.25) is 0 Å². The van der Waals surface area contributed by atoms with Gasteiger partial charge < -0.3 is 25.0 Å². The van der Waals surface area contributed by atoms with E-state index in [1.165, 1.54) is 6.07 Å². The summed E-state index contributed by atoms with van der Waals surface area (Å²) in [4.78, 5) is 3.93. The Kier molecular flexibility index (Phi) is 5.83. The number of ether oxygens (including phenoxy) is 2. The highest BCUT2D eigenvalue weighted by atomic mass is 19.1. The van der Waals surface area contributed by atoms with Gasteiger partial charge in [0.2, 0.25) is 0 Å². The molecule has 0 unspecified atom stereocenters. The molecule has 2 fully saturated rings. The van der Waals surface area contributed by atoms with E-state index in [1.54, 1.807) is 24.1 Å². The number of anilines is 2. The van der Waals surface area contributed by atoms with E-state index in [0.717, 1.165) is 24.1 Å². The number of hydrazine groups is 1. The Morgan fingerprint density at radius 2 is 2.00 bits per heavy atom. The molecule has 4 N–H and O–H groups in total. The summed E-state index contributed by atoms with van der Waals surface area (Å²) in [5.74, 6) is 5.75. The average molecular weight is 411 g/mol. The van der Waals surface area contributed by atoms with Gasteiger partial charge in [-0.2, -0.15) is 0 Å². The molecule has 1 saturated heterocycles. The molecule has 0 bridgehead atoms. The first-order valence-electron chi connectivity index (χ1n) is 10.2. The van der Waals surface area contributed by atoms with Crippen LogP contribution < -0.4 is 26.1 Å². The van der Waals surface area contributed by atoms with Gasteiger partial charge in [0.05, 0.1) is 19.5 Å². The largest absolute Gasteiger partial charge is 0.492 e. The number of hydrogen-bond donors (Lipinski definition) is 2. The van der Waals surface area contributed by atoms with E-state index in [4.69, 9.17) is 21.1 Å². The summed E-state index contributed by atoms with van der Waals surface area (Å²) in [5, 5.41) is 1.68. The minimum absolute atomic E-state index is 0.101. The molecule has 1 saturated carbocycles. The highest BCUT2D eigenvalue weighted by Gasteiger charge is 2.42. The molecule has 0 amide bonds. The SMILES string of the molecule is COCC[C@H](N)[C@H]1CN(c2c(F)cc3c(c2OC)N(C2CC2)CN(N)C3)C[C@H]1F. The third-order valence-electron chi connectivity index (χ3n) is 6.26. The standard InChI is InChI=1S/C20H31F2N5O2/c1-28-6-5-17(23)14-9-25(10-16(14)22)19-15(21)7-12-8-26(24)11-27(13-3-4-13)18(12)20(19)29-2/h7,13-14,16-17H,3-6,8-11,23-24H2,1-2H3/t14-,16+,17-/m0/s1. The molecule has 0 spiro atoms. The fraction of sp³-hybridized carbons (Fsp3) is 0.700. The van der Waals surface area contributed by atoms with Crippen LogP contribution in [0, 0.1) is 11.7 Å². The van der Waals surface area contributed by atoms with E-state index in [-0.39, 0.29) is 18.5 Å². The van der Waals surface area contributed by atoms with Crippen molar-refractivity contribution in [2.45, 2.75) is 44.1 Å². The van der Waals surface area contributed by atoms with Crippen LogP contribution in [0.25, 0.3) is 0 Å². The second-order valence-corrected chi connectivity index (χ2v) is 8.37. The lowest BCUT2D eigenvalue weighted by Crippen LogP contribution is -2.47. The Labute approximate surface area is 170 Å². The van der Waals surface area contributed by atoms with E-state index in [2.05, 4.69) is 4.90 Å². The molecular formula is C20H31F2N5O2. The number of rotatable bonds is 7. The molecule has 1 aliphatic carbocycles. The van der Waals surface area contributed by atoms with Crippen LogP contribution >= 0.6 is 0 Å². The summed E-state index contributed by atoms with van der Waals surface area (Å²) in [5.41, 5.74) is 8.21. The van der Waals surface area contributed by atoms with E-state index in [1.807, 2.05) is 0 Å². The number of hydrogen-bond acceptors (Lipinski definition) is 7. The van der Waals surface area contributed by atoms with Crippen molar-refractivity contribution in [1.82, 2.24) is 5.01 Å². The van der Waals surface area contributed by atoms with Gasteiger partial charge in [0, 0.05) is 51.4 Å². The number of nitrogens with zero attached hydrogens (tertiary/aromatic N) is 3. The maximum Gasteiger partial charge on any atom is 0.168 e. The third kappa shape index (κ3) is 3.88. The summed E-state index contributed by atoms with van der Waals surface area (Å²) in [6.07, 6.45) is 1.60. The Bertz CT molecular complexity index is 748. The summed E-state index contributed by atoms with van der Waals surface area (Å²) in [6.45, 7) is 1.94. The Balaban J connectivity index is 1.67. The molecule has 3 atom stereocenters. The maximum absolute atomic E-state index is 15.2. The molecular weight excluding hydrogens is 380 g/mol. The van der Waals surface area contributed by atoms with Crippen molar-refractivity contribution in [1.29, 1.82) is 0 Å². The van der Waals surface area contributed by atoms with E-state index in [0.29, 0.717) is 50.3 Å². The lowest BCUT2D eigenvalue weighted by molar-refractivity contribution is 0.166. The van der Waals surface area contributed by atoms with Gasteiger partial charge in [-0.05, 0) is 30.9 Å². The van der Waals surface area contributed by atoms with Gasteiger partial charge in [-0.25, -0.2) is 13.8 Å². The number of methoxy groups -OCH3 is 2. The molecule has 0 aromatic heterocycles. The van der Waals surface area contributed by atoms with Crippen molar-refractivity contribution < 1.29 is 18.3 Å². The average Bonchev–Trinajstić information content (AvgIpc) is 3.46. The topological polar surface area (TPSA) is 80.2 Å². The number of nitrogens with two attached hydrogens (primary N) is 2. The van der Waals surface area contributed by atoms with Gasteiger partial charge in [0.25, 0.3) is 0 Å². The van der Waals surface area contributed by atoms with Crippen molar-refractivity contribution in [3.63, 3.8) is 0 Å². The third-order valence-corrected chi connectivity index (χ3v) is 6.26. The first-order valence-corrected chi connectivity index (χ1v) is 10.2. The first kappa shape index (κ1) is 20.6. The van der Waals surface area contributed by atoms with Crippen LogP contribution in [-0.2, 0) is 11.3 Å². The van der Waals surface area contributed by atoms with E-state index in [9.17, 15) is 4.39 Å². The molecule has 2 aliphatic heterocycles. The van der Waals surface area contributed by atoms with Crippen LogP contribution in [0.4, 0.5) is 20.2 Å². The quantitative estimate of drug-likeness (QED) is 0.660. The van der Waals surface area contributed by atoms with Crippen molar-refractivity contribution in [3.8, 4) is 5.75 Å². The minimum atomic E-state index is -1.12.